The Hall–Kier alpha value is -4.49. The smallest absolute Gasteiger partial charge is 0.272 e. The van der Waals surface area contributed by atoms with Gasteiger partial charge in [0.25, 0.3) is 11.8 Å². The molecule has 0 atom stereocenters. The number of anilines is 1. The summed E-state index contributed by atoms with van der Waals surface area (Å²) in [5.74, 6) is -1.14. The molecule has 0 bridgehead atoms. The maximum Gasteiger partial charge on any atom is 0.272 e. The van der Waals surface area contributed by atoms with Crippen LogP contribution in [0, 0.1) is 12.7 Å². The Bertz CT molecular complexity index is 1470. The molecule has 7 heteroatoms. The number of rotatable bonds is 9. The van der Waals surface area contributed by atoms with Crippen molar-refractivity contribution in [1.29, 1.82) is 0 Å². The van der Waals surface area contributed by atoms with Crippen LogP contribution in [-0.4, -0.2) is 23.4 Å². The van der Waals surface area contributed by atoms with E-state index in [1.165, 1.54) is 42.1 Å². The van der Waals surface area contributed by atoms with Gasteiger partial charge in [0.2, 0.25) is 0 Å². The highest BCUT2D eigenvalue weighted by molar-refractivity contribution is 8.00. The van der Waals surface area contributed by atoms with E-state index in [2.05, 4.69) is 10.6 Å². The van der Waals surface area contributed by atoms with Gasteiger partial charge >= 0.3 is 0 Å². The van der Waals surface area contributed by atoms with Crippen molar-refractivity contribution in [3.05, 3.63) is 137 Å². The molecule has 2 N–H and O–H groups in total. The number of hydrogen-bond acceptors (Lipinski definition) is 4. The van der Waals surface area contributed by atoms with Crippen molar-refractivity contribution in [2.75, 3.05) is 11.1 Å². The number of ketones is 1. The zero-order chi connectivity index (χ0) is 26.9. The van der Waals surface area contributed by atoms with Crippen LogP contribution in [0.25, 0.3) is 6.08 Å². The van der Waals surface area contributed by atoms with Crippen LogP contribution in [0.3, 0.4) is 0 Å². The first-order valence-electron chi connectivity index (χ1n) is 11.8. The summed E-state index contributed by atoms with van der Waals surface area (Å²) in [6.07, 6.45) is 1.48. The van der Waals surface area contributed by atoms with E-state index < -0.39 is 17.6 Å². The van der Waals surface area contributed by atoms with Gasteiger partial charge in [-0.2, -0.15) is 0 Å². The molecule has 38 heavy (non-hydrogen) atoms. The van der Waals surface area contributed by atoms with E-state index in [9.17, 15) is 18.8 Å². The molecule has 2 amide bonds. The van der Waals surface area contributed by atoms with E-state index in [4.69, 9.17) is 0 Å². The number of benzene rings is 4. The third-order valence-electron chi connectivity index (χ3n) is 5.55. The first-order valence-corrected chi connectivity index (χ1v) is 12.8. The molecule has 0 unspecified atom stereocenters. The number of Topliss-reactive ketones (excluding diaryl/α,β-unsaturated/α-hetero) is 1. The molecule has 4 aromatic carbocycles. The largest absolute Gasteiger partial charge is 0.321 e. The van der Waals surface area contributed by atoms with Crippen LogP contribution in [0.4, 0.5) is 10.1 Å². The standard InChI is InChI=1S/C31H25FN2O3S/c1-21-10-14-23(15-11-21)29(35)20-38-27-9-5-8-26(19-27)33-31(37)28(18-22-12-16-25(32)17-13-22)34-30(36)24-6-3-2-4-7-24/h2-19H,20H2,1H3,(H,33,37)(H,34,36)/b28-18-. The minimum atomic E-state index is -0.545. The Kier molecular flexibility index (Phi) is 8.85. The second-order valence-electron chi connectivity index (χ2n) is 8.49. The summed E-state index contributed by atoms with van der Waals surface area (Å²) in [5.41, 5.74) is 3.17. The zero-order valence-corrected chi connectivity index (χ0v) is 21.4. The molecule has 0 aliphatic heterocycles. The van der Waals surface area contributed by atoms with Crippen LogP contribution < -0.4 is 10.6 Å². The molecular formula is C31H25FN2O3S. The van der Waals surface area contributed by atoms with Crippen molar-refractivity contribution in [2.45, 2.75) is 11.8 Å². The number of amides is 2. The van der Waals surface area contributed by atoms with Gasteiger partial charge in [0, 0.05) is 21.7 Å². The molecule has 0 aliphatic rings. The van der Waals surface area contributed by atoms with E-state index >= 15 is 0 Å². The van der Waals surface area contributed by atoms with Crippen LogP contribution in [0.2, 0.25) is 0 Å². The molecule has 0 saturated heterocycles. The summed E-state index contributed by atoms with van der Waals surface area (Å²) in [7, 11) is 0. The molecule has 0 aliphatic carbocycles. The summed E-state index contributed by atoms with van der Waals surface area (Å²) >= 11 is 1.37. The van der Waals surface area contributed by atoms with Crippen LogP contribution in [0.5, 0.6) is 0 Å². The molecule has 0 saturated carbocycles. The fourth-order valence-corrected chi connectivity index (χ4v) is 4.35. The minimum absolute atomic E-state index is 0.00179. The molecule has 0 aromatic heterocycles. The SMILES string of the molecule is Cc1ccc(C(=O)CSc2cccc(NC(=O)/C(=C/c3ccc(F)cc3)NC(=O)c3ccccc3)c2)cc1. The second-order valence-corrected chi connectivity index (χ2v) is 9.54. The molecule has 0 heterocycles. The number of aryl methyl sites for hydroxylation is 1. The van der Waals surface area contributed by atoms with Gasteiger partial charge in [-0.15, -0.1) is 11.8 Å². The van der Waals surface area contributed by atoms with E-state index in [0.29, 0.717) is 22.4 Å². The van der Waals surface area contributed by atoms with Gasteiger partial charge in [-0.25, -0.2) is 4.39 Å². The Labute approximate surface area is 224 Å². The molecule has 4 aromatic rings. The number of carbonyl (C=O) groups is 3. The van der Waals surface area contributed by atoms with Crippen molar-refractivity contribution >= 4 is 41.1 Å². The Morgan fingerprint density at radius 2 is 1.53 bits per heavy atom. The van der Waals surface area contributed by atoms with Crippen molar-refractivity contribution in [3.63, 3.8) is 0 Å². The van der Waals surface area contributed by atoms with Crippen LogP contribution in [-0.2, 0) is 4.79 Å². The maximum absolute atomic E-state index is 13.4. The molecule has 190 valence electrons. The van der Waals surface area contributed by atoms with E-state index in [-0.39, 0.29) is 17.2 Å². The highest BCUT2D eigenvalue weighted by Crippen LogP contribution is 2.23. The summed E-state index contributed by atoms with van der Waals surface area (Å²) in [6.45, 7) is 1.97. The number of nitrogens with one attached hydrogen (secondary N) is 2. The average Bonchev–Trinajstić information content (AvgIpc) is 2.93. The number of thioether (sulfide) groups is 1. The average molecular weight is 525 g/mol. The van der Waals surface area contributed by atoms with E-state index in [1.807, 2.05) is 37.3 Å². The first kappa shape index (κ1) is 26.6. The van der Waals surface area contributed by atoms with Crippen molar-refractivity contribution < 1.29 is 18.8 Å². The van der Waals surface area contributed by atoms with Gasteiger partial charge in [0.15, 0.2) is 5.78 Å². The van der Waals surface area contributed by atoms with Gasteiger partial charge in [-0.1, -0.05) is 66.2 Å². The summed E-state index contributed by atoms with van der Waals surface area (Å²) in [6, 6.07) is 28.7. The fourth-order valence-electron chi connectivity index (χ4n) is 3.50. The molecule has 5 nitrogen and oxygen atoms in total. The van der Waals surface area contributed by atoms with Crippen molar-refractivity contribution in [2.24, 2.45) is 0 Å². The Balaban J connectivity index is 1.48. The third-order valence-corrected chi connectivity index (χ3v) is 6.54. The van der Waals surface area contributed by atoms with Crippen molar-refractivity contribution in [3.8, 4) is 0 Å². The van der Waals surface area contributed by atoms with E-state index in [0.717, 1.165) is 10.5 Å². The lowest BCUT2D eigenvalue weighted by Gasteiger charge is -2.12. The maximum atomic E-state index is 13.4. The van der Waals surface area contributed by atoms with Crippen LogP contribution >= 0.6 is 11.8 Å². The highest BCUT2D eigenvalue weighted by Gasteiger charge is 2.15. The summed E-state index contributed by atoms with van der Waals surface area (Å²) in [5, 5.41) is 5.46. The minimum Gasteiger partial charge on any atom is -0.321 e. The normalized spacial score (nSPS) is 11.1. The fraction of sp³-hybridized carbons (Fsp3) is 0.0645. The number of hydrogen-bond donors (Lipinski definition) is 2. The van der Waals surface area contributed by atoms with E-state index in [1.54, 1.807) is 48.5 Å². The van der Waals surface area contributed by atoms with Gasteiger partial charge < -0.3 is 10.6 Å². The lowest BCUT2D eigenvalue weighted by molar-refractivity contribution is -0.113. The summed E-state index contributed by atoms with van der Waals surface area (Å²) < 4.78 is 13.4. The van der Waals surface area contributed by atoms with Crippen LogP contribution in [0.1, 0.15) is 31.8 Å². The summed E-state index contributed by atoms with van der Waals surface area (Å²) in [4.78, 5) is 39.3. The van der Waals surface area contributed by atoms with Gasteiger partial charge in [0.05, 0.1) is 5.75 Å². The lowest BCUT2D eigenvalue weighted by Crippen LogP contribution is -2.30. The van der Waals surface area contributed by atoms with Gasteiger partial charge in [-0.05, 0) is 61.0 Å². The highest BCUT2D eigenvalue weighted by atomic mass is 32.2. The van der Waals surface area contributed by atoms with Gasteiger partial charge in [0.1, 0.15) is 11.5 Å². The van der Waals surface area contributed by atoms with Crippen LogP contribution in [0.15, 0.2) is 114 Å². The predicted molar refractivity (Wildman–Crippen MR) is 150 cm³/mol. The topological polar surface area (TPSA) is 75.3 Å². The number of halogens is 1. The Morgan fingerprint density at radius 1 is 0.816 bits per heavy atom. The molecule has 0 radical (unpaired) electrons. The molecule has 0 fully saturated rings. The number of carbonyl (C=O) groups excluding carboxylic acids is 3. The zero-order valence-electron chi connectivity index (χ0n) is 20.6. The molecular weight excluding hydrogens is 499 g/mol. The Morgan fingerprint density at radius 3 is 2.24 bits per heavy atom. The molecule has 4 rings (SSSR count). The third kappa shape index (κ3) is 7.51. The quantitative estimate of drug-likeness (QED) is 0.149. The second kappa shape index (κ2) is 12.7. The first-order chi connectivity index (χ1) is 18.4. The van der Waals surface area contributed by atoms with Gasteiger partial charge in [-0.3, -0.25) is 14.4 Å². The lowest BCUT2D eigenvalue weighted by atomic mass is 10.1. The van der Waals surface area contributed by atoms with Crippen molar-refractivity contribution in [1.82, 2.24) is 5.32 Å². The molecule has 0 spiro atoms. The predicted octanol–water partition coefficient (Wildman–Crippen LogP) is 6.52. The monoisotopic (exact) mass is 524 g/mol.